The Kier molecular flexibility index (Phi) is 2.95. The first kappa shape index (κ1) is 10.9. The van der Waals surface area contributed by atoms with Crippen molar-refractivity contribution >= 4 is 17.7 Å². The maximum Gasteiger partial charge on any atom is 0.307 e. The fraction of sp³-hybridized carbons (Fsp3) is 0.900. The first-order valence-electron chi connectivity index (χ1n) is 4.71. The molecule has 0 heterocycles. The summed E-state index contributed by atoms with van der Waals surface area (Å²) in [5, 5.41) is 9.52. The van der Waals surface area contributed by atoms with E-state index in [0.29, 0.717) is 11.2 Å². The highest BCUT2D eigenvalue weighted by Crippen LogP contribution is 2.59. The van der Waals surface area contributed by atoms with E-state index in [-0.39, 0.29) is 11.3 Å². The van der Waals surface area contributed by atoms with E-state index in [1.807, 2.05) is 11.8 Å². The van der Waals surface area contributed by atoms with Gasteiger partial charge in [-0.25, -0.2) is 0 Å². The Labute approximate surface area is 84.1 Å². The van der Waals surface area contributed by atoms with E-state index < -0.39 is 5.97 Å². The SMILES string of the molecule is CC(C)SCC1[C@@H](C(=O)O)C1(C)C. The van der Waals surface area contributed by atoms with E-state index in [1.54, 1.807) is 0 Å². The van der Waals surface area contributed by atoms with Crippen LogP contribution in [0.1, 0.15) is 27.7 Å². The summed E-state index contributed by atoms with van der Waals surface area (Å²) in [4.78, 5) is 10.8. The van der Waals surface area contributed by atoms with Gasteiger partial charge in [0.2, 0.25) is 0 Å². The van der Waals surface area contributed by atoms with E-state index in [4.69, 9.17) is 5.11 Å². The number of hydrogen-bond acceptors (Lipinski definition) is 2. The van der Waals surface area contributed by atoms with Crippen LogP contribution in [0, 0.1) is 17.3 Å². The van der Waals surface area contributed by atoms with E-state index in [1.165, 1.54) is 0 Å². The second-order valence-corrected chi connectivity index (χ2v) is 6.24. The second kappa shape index (κ2) is 3.52. The lowest BCUT2D eigenvalue weighted by molar-refractivity contribution is -0.139. The molecule has 13 heavy (non-hydrogen) atoms. The molecular formula is C10H18O2S. The Morgan fingerprint density at radius 3 is 2.38 bits per heavy atom. The summed E-state index contributed by atoms with van der Waals surface area (Å²) in [6, 6.07) is 0. The summed E-state index contributed by atoms with van der Waals surface area (Å²) in [6.45, 7) is 8.40. The molecule has 3 heteroatoms. The second-order valence-electron chi connectivity index (χ2n) is 4.63. The third-order valence-corrected chi connectivity index (χ3v) is 4.14. The molecule has 0 aromatic rings. The molecule has 0 aliphatic heterocycles. The van der Waals surface area contributed by atoms with Gasteiger partial charge in [-0.05, 0) is 22.3 Å². The van der Waals surface area contributed by atoms with Gasteiger partial charge in [0.1, 0.15) is 0 Å². The predicted octanol–water partition coefficient (Wildman–Crippen LogP) is 2.48. The monoisotopic (exact) mass is 202 g/mol. The highest BCUT2D eigenvalue weighted by Gasteiger charge is 2.61. The van der Waals surface area contributed by atoms with Crippen molar-refractivity contribution in [2.24, 2.45) is 17.3 Å². The molecule has 2 atom stereocenters. The zero-order valence-electron chi connectivity index (χ0n) is 8.70. The Balaban J connectivity index is 2.42. The summed E-state index contributed by atoms with van der Waals surface area (Å²) in [7, 11) is 0. The van der Waals surface area contributed by atoms with Crippen molar-refractivity contribution in [3.8, 4) is 0 Å². The zero-order chi connectivity index (χ0) is 10.2. The molecule has 0 bridgehead atoms. The van der Waals surface area contributed by atoms with Gasteiger partial charge < -0.3 is 5.11 Å². The molecule has 0 spiro atoms. The minimum absolute atomic E-state index is 0.0216. The molecule has 1 rings (SSSR count). The maximum absolute atomic E-state index is 10.8. The molecule has 1 saturated carbocycles. The molecule has 0 aromatic carbocycles. The highest BCUT2D eigenvalue weighted by atomic mass is 32.2. The topological polar surface area (TPSA) is 37.3 Å². The van der Waals surface area contributed by atoms with Crippen LogP contribution in [0.25, 0.3) is 0 Å². The van der Waals surface area contributed by atoms with Crippen LogP contribution in [-0.2, 0) is 4.79 Å². The lowest BCUT2D eigenvalue weighted by atomic mass is 10.1. The van der Waals surface area contributed by atoms with E-state index in [0.717, 1.165) is 5.75 Å². The van der Waals surface area contributed by atoms with E-state index in [2.05, 4.69) is 27.7 Å². The molecule has 1 unspecified atom stereocenters. The van der Waals surface area contributed by atoms with Gasteiger partial charge in [0.15, 0.2) is 0 Å². The zero-order valence-corrected chi connectivity index (χ0v) is 9.52. The van der Waals surface area contributed by atoms with Gasteiger partial charge in [0.25, 0.3) is 0 Å². The third kappa shape index (κ3) is 2.19. The Morgan fingerprint density at radius 1 is 1.54 bits per heavy atom. The van der Waals surface area contributed by atoms with Crippen LogP contribution in [0.15, 0.2) is 0 Å². The first-order chi connectivity index (χ1) is 5.87. The molecule has 1 fully saturated rings. The molecule has 0 radical (unpaired) electrons. The van der Waals surface area contributed by atoms with Crippen LogP contribution >= 0.6 is 11.8 Å². The van der Waals surface area contributed by atoms with Crippen molar-refractivity contribution in [1.82, 2.24) is 0 Å². The number of carbonyl (C=O) groups is 1. The number of aliphatic carboxylic acids is 1. The molecule has 0 aromatic heterocycles. The van der Waals surface area contributed by atoms with Crippen LogP contribution in [0.3, 0.4) is 0 Å². The number of rotatable bonds is 4. The fourth-order valence-corrected chi connectivity index (χ4v) is 3.06. The summed E-state index contributed by atoms with van der Waals surface area (Å²) in [5.41, 5.74) is 0.0216. The smallest absolute Gasteiger partial charge is 0.307 e. The van der Waals surface area contributed by atoms with Gasteiger partial charge in [-0.15, -0.1) is 0 Å². The summed E-state index contributed by atoms with van der Waals surface area (Å²) >= 11 is 1.86. The number of thioether (sulfide) groups is 1. The third-order valence-electron chi connectivity index (χ3n) is 2.93. The molecule has 76 valence electrons. The van der Waals surface area contributed by atoms with Crippen molar-refractivity contribution in [1.29, 1.82) is 0 Å². The molecular weight excluding hydrogens is 184 g/mol. The van der Waals surface area contributed by atoms with Gasteiger partial charge >= 0.3 is 5.97 Å². The van der Waals surface area contributed by atoms with Gasteiger partial charge in [0, 0.05) is 0 Å². The largest absolute Gasteiger partial charge is 0.481 e. The molecule has 0 saturated heterocycles. The van der Waals surface area contributed by atoms with Gasteiger partial charge in [-0.3, -0.25) is 4.79 Å². The van der Waals surface area contributed by atoms with Gasteiger partial charge in [-0.2, -0.15) is 11.8 Å². The lowest BCUT2D eigenvalue weighted by Crippen LogP contribution is -2.03. The van der Waals surface area contributed by atoms with Gasteiger partial charge in [0.05, 0.1) is 5.92 Å². The van der Waals surface area contributed by atoms with Crippen molar-refractivity contribution in [3.63, 3.8) is 0 Å². The lowest BCUT2D eigenvalue weighted by Gasteiger charge is -2.04. The summed E-state index contributed by atoms with van der Waals surface area (Å²) in [5.74, 6) is 0.622. The minimum atomic E-state index is -0.626. The molecule has 1 N–H and O–H groups in total. The Morgan fingerprint density at radius 2 is 2.08 bits per heavy atom. The summed E-state index contributed by atoms with van der Waals surface area (Å²) in [6.07, 6.45) is 0. The molecule has 1 aliphatic rings. The highest BCUT2D eigenvalue weighted by molar-refractivity contribution is 7.99. The average molecular weight is 202 g/mol. The Bertz CT molecular complexity index is 211. The van der Waals surface area contributed by atoms with Crippen LogP contribution in [-0.4, -0.2) is 22.1 Å². The van der Waals surface area contributed by atoms with E-state index in [9.17, 15) is 4.79 Å². The van der Waals surface area contributed by atoms with Gasteiger partial charge in [-0.1, -0.05) is 27.7 Å². The summed E-state index contributed by atoms with van der Waals surface area (Å²) < 4.78 is 0. The average Bonchev–Trinajstić information content (AvgIpc) is 2.48. The standard InChI is InChI=1S/C10H18O2S/c1-6(2)13-5-7-8(9(11)12)10(7,3)4/h6-8H,5H2,1-4H3,(H,11,12)/t7?,8-/m0/s1. The first-order valence-corrected chi connectivity index (χ1v) is 5.76. The molecule has 2 nitrogen and oxygen atoms in total. The van der Waals surface area contributed by atoms with Crippen LogP contribution < -0.4 is 0 Å². The van der Waals surface area contributed by atoms with Crippen molar-refractivity contribution in [3.05, 3.63) is 0 Å². The van der Waals surface area contributed by atoms with Crippen molar-refractivity contribution < 1.29 is 9.90 Å². The van der Waals surface area contributed by atoms with Crippen molar-refractivity contribution in [2.45, 2.75) is 32.9 Å². The molecule has 1 aliphatic carbocycles. The minimum Gasteiger partial charge on any atom is -0.481 e. The van der Waals surface area contributed by atoms with E-state index >= 15 is 0 Å². The number of carboxylic acids is 1. The Hall–Kier alpha value is -0.180. The maximum atomic E-state index is 10.8. The predicted molar refractivity (Wildman–Crippen MR) is 56.0 cm³/mol. The number of carboxylic acid groups (broad SMARTS) is 1. The van der Waals surface area contributed by atoms with Crippen LogP contribution in [0.5, 0.6) is 0 Å². The molecule has 0 amide bonds. The number of hydrogen-bond donors (Lipinski definition) is 1. The quantitative estimate of drug-likeness (QED) is 0.761. The van der Waals surface area contributed by atoms with Crippen LogP contribution in [0.2, 0.25) is 0 Å². The van der Waals surface area contributed by atoms with Crippen molar-refractivity contribution in [2.75, 3.05) is 5.75 Å². The normalized spacial score (nSPS) is 30.5. The van der Waals surface area contributed by atoms with Crippen LogP contribution in [0.4, 0.5) is 0 Å². The fourth-order valence-electron chi connectivity index (χ4n) is 1.84.